The molecule has 4 heteroatoms. The second-order valence-electron chi connectivity index (χ2n) is 4.68. The van der Waals surface area contributed by atoms with Gasteiger partial charge < -0.3 is 5.11 Å². The van der Waals surface area contributed by atoms with Gasteiger partial charge in [-0.15, -0.1) is 11.8 Å². The van der Waals surface area contributed by atoms with E-state index in [0.29, 0.717) is 5.25 Å². The van der Waals surface area contributed by atoms with E-state index < -0.39 is 5.97 Å². The summed E-state index contributed by atoms with van der Waals surface area (Å²) in [5.41, 5.74) is 0.138. The summed E-state index contributed by atoms with van der Waals surface area (Å²) in [5, 5.41) is 10.3. The average molecular weight is 251 g/mol. The van der Waals surface area contributed by atoms with Crippen molar-refractivity contribution in [2.75, 3.05) is 0 Å². The predicted molar refractivity (Wildman–Crippen MR) is 68.5 cm³/mol. The number of hydrogen-bond acceptors (Lipinski definition) is 3. The van der Waals surface area contributed by atoms with E-state index in [0.717, 1.165) is 10.9 Å². The molecule has 1 aromatic rings. The number of carboxylic acids is 1. The average Bonchev–Trinajstić information content (AvgIpc) is 2.29. The van der Waals surface area contributed by atoms with Crippen LogP contribution in [0.3, 0.4) is 0 Å². The summed E-state index contributed by atoms with van der Waals surface area (Å²) in [6.07, 6.45) is 5.02. The van der Waals surface area contributed by atoms with Crippen LogP contribution in [-0.4, -0.2) is 21.3 Å². The fourth-order valence-electron chi connectivity index (χ4n) is 2.26. The van der Waals surface area contributed by atoms with Gasteiger partial charge in [0.2, 0.25) is 0 Å². The first kappa shape index (κ1) is 12.4. The molecule has 1 aromatic heterocycles. The minimum atomic E-state index is -0.954. The standard InChI is InChI=1S/C13H17NO2S/c1-9-4-2-5-10(8-9)17-12-7-3-6-11(14-12)13(15)16/h3,6-7,9-10H,2,4-5,8H2,1H3,(H,15,16). The molecule has 0 aliphatic heterocycles. The van der Waals surface area contributed by atoms with E-state index in [1.807, 2.05) is 6.07 Å². The van der Waals surface area contributed by atoms with Gasteiger partial charge in [-0.1, -0.05) is 25.8 Å². The summed E-state index contributed by atoms with van der Waals surface area (Å²) >= 11 is 1.73. The SMILES string of the molecule is CC1CCCC(Sc2cccc(C(=O)O)n2)C1. The molecular weight excluding hydrogens is 234 g/mol. The highest BCUT2D eigenvalue weighted by molar-refractivity contribution is 7.99. The number of carbonyl (C=O) groups is 1. The van der Waals surface area contributed by atoms with Crippen molar-refractivity contribution in [3.05, 3.63) is 23.9 Å². The van der Waals surface area contributed by atoms with Crippen LogP contribution in [0.1, 0.15) is 43.1 Å². The highest BCUT2D eigenvalue weighted by atomic mass is 32.2. The lowest BCUT2D eigenvalue weighted by Gasteiger charge is -2.25. The molecule has 0 spiro atoms. The van der Waals surface area contributed by atoms with Crippen LogP contribution in [0.2, 0.25) is 0 Å². The molecule has 1 N–H and O–H groups in total. The molecule has 17 heavy (non-hydrogen) atoms. The fourth-order valence-corrected chi connectivity index (χ4v) is 3.61. The number of aromatic nitrogens is 1. The molecule has 2 unspecified atom stereocenters. The Morgan fingerprint density at radius 2 is 2.29 bits per heavy atom. The largest absolute Gasteiger partial charge is 0.477 e. The number of nitrogens with zero attached hydrogens (tertiary/aromatic N) is 1. The van der Waals surface area contributed by atoms with Crippen LogP contribution < -0.4 is 0 Å². The van der Waals surface area contributed by atoms with Crippen molar-refractivity contribution in [3.63, 3.8) is 0 Å². The van der Waals surface area contributed by atoms with Gasteiger partial charge in [-0.05, 0) is 30.9 Å². The van der Waals surface area contributed by atoms with Crippen molar-refractivity contribution < 1.29 is 9.90 Å². The molecule has 1 aliphatic carbocycles. The Bertz CT molecular complexity index is 408. The Kier molecular flexibility index (Phi) is 4.05. The van der Waals surface area contributed by atoms with Gasteiger partial charge in [-0.25, -0.2) is 9.78 Å². The van der Waals surface area contributed by atoms with Crippen molar-refractivity contribution in [2.45, 2.75) is 42.9 Å². The van der Waals surface area contributed by atoms with Gasteiger partial charge in [-0.3, -0.25) is 0 Å². The molecule has 1 aliphatic rings. The van der Waals surface area contributed by atoms with Crippen LogP contribution in [0.4, 0.5) is 0 Å². The molecule has 0 radical (unpaired) electrons. The Labute approximate surface area is 106 Å². The first-order chi connectivity index (χ1) is 8.15. The van der Waals surface area contributed by atoms with E-state index in [9.17, 15) is 4.79 Å². The van der Waals surface area contributed by atoms with Gasteiger partial charge in [0.1, 0.15) is 5.69 Å². The molecule has 1 heterocycles. The second kappa shape index (κ2) is 5.54. The molecule has 0 bridgehead atoms. The van der Waals surface area contributed by atoms with Crippen LogP contribution >= 0.6 is 11.8 Å². The Balaban J connectivity index is 2.02. The van der Waals surface area contributed by atoms with Gasteiger partial charge in [0.05, 0.1) is 5.03 Å². The fraction of sp³-hybridized carbons (Fsp3) is 0.538. The van der Waals surface area contributed by atoms with Crippen molar-refractivity contribution in [3.8, 4) is 0 Å². The number of hydrogen-bond donors (Lipinski definition) is 1. The molecular formula is C13H17NO2S. The summed E-state index contributed by atoms with van der Waals surface area (Å²) in [7, 11) is 0. The van der Waals surface area contributed by atoms with Gasteiger partial charge in [0.15, 0.2) is 0 Å². The number of thioether (sulfide) groups is 1. The Hall–Kier alpha value is -1.03. The molecule has 0 aromatic carbocycles. The van der Waals surface area contributed by atoms with Crippen LogP contribution in [0.25, 0.3) is 0 Å². The highest BCUT2D eigenvalue weighted by Gasteiger charge is 2.20. The lowest BCUT2D eigenvalue weighted by Crippen LogP contribution is -2.15. The van der Waals surface area contributed by atoms with Gasteiger partial charge in [0.25, 0.3) is 0 Å². The van der Waals surface area contributed by atoms with E-state index >= 15 is 0 Å². The summed E-state index contributed by atoms with van der Waals surface area (Å²) in [6.45, 7) is 2.29. The molecule has 3 nitrogen and oxygen atoms in total. The molecule has 0 amide bonds. The number of aromatic carboxylic acids is 1. The maximum absolute atomic E-state index is 10.8. The van der Waals surface area contributed by atoms with Crippen molar-refractivity contribution in [2.24, 2.45) is 5.92 Å². The third-order valence-corrected chi connectivity index (χ3v) is 4.35. The van der Waals surface area contributed by atoms with Gasteiger partial charge >= 0.3 is 5.97 Å². The topological polar surface area (TPSA) is 50.2 Å². The van der Waals surface area contributed by atoms with E-state index in [2.05, 4.69) is 11.9 Å². The number of pyridine rings is 1. The van der Waals surface area contributed by atoms with Crippen LogP contribution in [0.15, 0.2) is 23.2 Å². The van der Waals surface area contributed by atoms with E-state index in [1.54, 1.807) is 17.8 Å². The zero-order chi connectivity index (χ0) is 12.3. The summed E-state index contributed by atoms with van der Waals surface area (Å²) < 4.78 is 0. The molecule has 0 saturated heterocycles. The molecule has 1 saturated carbocycles. The summed E-state index contributed by atoms with van der Waals surface area (Å²) in [5.74, 6) is -0.173. The maximum Gasteiger partial charge on any atom is 0.354 e. The number of carboxylic acid groups (broad SMARTS) is 1. The van der Waals surface area contributed by atoms with Crippen molar-refractivity contribution in [1.82, 2.24) is 4.98 Å². The van der Waals surface area contributed by atoms with Crippen molar-refractivity contribution >= 4 is 17.7 Å². The zero-order valence-electron chi connectivity index (χ0n) is 9.93. The quantitative estimate of drug-likeness (QED) is 0.894. The van der Waals surface area contributed by atoms with Gasteiger partial charge in [0, 0.05) is 5.25 Å². The maximum atomic E-state index is 10.8. The van der Waals surface area contributed by atoms with Crippen LogP contribution in [-0.2, 0) is 0 Å². The third kappa shape index (κ3) is 3.46. The summed E-state index contributed by atoms with van der Waals surface area (Å²) in [4.78, 5) is 15.0. The molecule has 2 rings (SSSR count). The Morgan fingerprint density at radius 1 is 1.47 bits per heavy atom. The van der Waals surface area contributed by atoms with E-state index in [4.69, 9.17) is 5.11 Å². The van der Waals surface area contributed by atoms with Crippen LogP contribution in [0, 0.1) is 5.92 Å². The van der Waals surface area contributed by atoms with E-state index in [-0.39, 0.29) is 5.69 Å². The molecule has 92 valence electrons. The lowest BCUT2D eigenvalue weighted by atomic mass is 9.91. The van der Waals surface area contributed by atoms with Crippen LogP contribution in [0.5, 0.6) is 0 Å². The van der Waals surface area contributed by atoms with Gasteiger partial charge in [-0.2, -0.15) is 0 Å². The Morgan fingerprint density at radius 3 is 3.00 bits per heavy atom. The minimum Gasteiger partial charge on any atom is -0.477 e. The predicted octanol–water partition coefficient (Wildman–Crippen LogP) is 3.45. The third-order valence-electron chi connectivity index (χ3n) is 3.12. The summed E-state index contributed by atoms with van der Waals surface area (Å²) in [6, 6.07) is 5.21. The van der Waals surface area contributed by atoms with Crippen molar-refractivity contribution in [1.29, 1.82) is 0 Å². The first-order valence-corrected chi connectivity index (χ1v) is 6.90. The van der Waals surface area contributed by atoms with E-state index in [1.165, 1.54) is 31.7 Å². The molecule has 2 atom stereocenters. The monoisotopic (exact) mass is 251 g/mol. The lowest BCUT2D eigenvalue weighted by molar-refractivity contribution is 0.0689. The minimum absolute atomic E-state index is 0.138. The number of rotatable bonds is 3. The highest BCUT2D eigenvalue weighted by Crippen LogP contribution is 2.35. The second-order valence-corrected chi connectivity index (χ2v) is 6.00. The molecule has 1 fully saturated rings. The zero-order valence-corrected chi connectivity index (χ0v) is 10.7. The normalized spacial score (nSPS) is 24.5. The smallest absolute Gasteiger partial charge is 0.354 e. The first-order valence-electron chi connectivity index (χ1n) is 6.02.